The average molecular weight is 899 g/mol. The van der Waals surface area contributed by atoms with Crippen molar-refractivity contribution < 1.29 is 4.42 Å². The molecule has 4 heteroatoms. The molecule has 1 aromatic heterocycles. The van der Waals surface area contributed by atoms with Crippen LogP contribution in [0.3, 0.4) is 0 Å². The molecule has 0 atom stereocenters. The summed E-state index contributed by atoms with van der Waals surface area (Å²) >= 11 is 0. The Bertz CT molecular complexity index is 3990. The summed E-state index contributed by atoms with van der Waals surface area (Å²) in [6.45, 7) is 14.5. The van der Waals surface area contributed by atoms with Gasteiger partial charge in [0.2, 0.25) is 0 Å². The van der Waals surface area contributed by atoms with E-state index in [1.165, 1.54) is 118 Å². The Morgan fingerprint density at radius 1 is 0.443 bits per heavy atom. The summed E-state index contributed by atoms with van der Waals surface area (Å²) in [5.74, 6) is 0. The van der Waals surface area contributed by atoms with Gasteiger partial charge in [-0.3, -0.25) is 0 Å². The Kier molecular flexibility index (Phi) is 7.19. The van der Waals surface area contributed by atoms with Gasteiger partial charge in [0.25, 0.3) is 0 Å². The molecule has 0 N–H and O–H groups in total. The van der Waals surface area contributed by atoms with Crippen LogP contribution in [0.5, 0.6) is 0 Å². The third-order valence-electron chi connectivity index (χ3n) is 18.3. The van der Waals surface area contributed by atoms with E-state index in [0.717, 1.165) is 34.0 Å². The molecule has 0 amide bonds. The van der Waals surface area contributed by atoms with Crippen molar-refractivity contribution in [1.82, 2.24) is 0 Å². The first kappa shape index (κ1) is 39.3. The average Bonchev–Trinajstić information content (AvgIpc) is 3.99. The number of hydrogen-bond donors (Lipinski definition) is 0. The molecule has 0 saturated carbocycles. The lowest BCUT2D eigenvalue weighted by atomic mass is 9.42. The number of para-hydroxylation sites is 3. The van der Waals surface area contributed by atoms with E-state index >= 15 is 0 Å². The number of fused-ring (bicyclic) bond motifs is 22. The molecule has 4 heterocycles. The van der Waals surface area contributed by atoms with Gasteiger partial charge < -0.3 is 14.1 Å². The highest BCUT2D eigenvalue weighted by Gasteiger charge is 2.57. The zero-order chi connectivity index (χ0) is 46.8. The quantitative estimate of drug-likeness (QED) is 0.153. The van der Waals surface area contributed by atoms with Crippen LogP contribution in [-0.4, -0.2) is 6.85 Å². The Balaban J connectivity index is 1.11. The molecule has 334 valence electrons. The van der Waals surface area contributed by atoms with Gasteiger partial charge in [0.1, 0.15) is 5.58 Å². The standard InChI is InChI=1S/C66H51BN2O/c1-63(2)34-35-64(3,4)52-36-38(30-33-49(52)63)69-59-42(31-32-43-41-20-10-16-29-56(41)70-62(43)59)45-37-53-57(44-21-9-11-22-46(44)65(53,5)6)61-58(45)67(69)54-27-17-26-51-60(54)68(61)55-28-15-14-25-50(55)66(51)47-23-12-7-18-39(47)40-19-8-13-24-48(40)66/h7-33,36-37H,34-35H2,1-6H3. The minimum Gasteiger partial charge on any atom is -0.454 e. The van der Waals surface area contributed by atoms with E-state index in [9.17, 15) is 0 Å². The molecule has 16 rings (SSSR count). The summed E-state index contributed by atoms with van der Waals surface area (Å²) in [7, 11) is 0. The molecule has 6 aliphatic rings. The summed E-state index contributed by atoms with van der Waals surface area (Å²) in [6.07, 6.45) is 2.31. The van der Waals surface area contributed by atoms with Gasteiger partial charge >= 0.3 is 6.85 Å². The smallest absolute Gasteiger partial charge is 0.333 e. The van der Waals surface area contributed by atoms with Crippen LogP contribution in [-0.2, 0) is 21.7 Å². The van der Waals surface area contributed by atoms with Crippen LogP contribution in [0.4, 0.5) is 28.4 Å². The van der Waals surface area contributed by atoms with Crippen molar-refractivity contribution in [3.8, 4) is 33.4 Å². The second-order valence-electron chi connectivity index (χ2n) is 22.9. The molecule has 0 bridgehead atoms. The summed E-state index contributed by atoms with van der Waals surface area (Å²) in [4.78, 5) is 5.47. The van der Waals surface area contributed by atoms with E-state index in [4.69, 9.17) is 4.42 Å². The minimum absolute atomic E-state index is 0.0126. The highest BCUT2D eigenvalue weighted by molar-refractivity contribution is 6.94. The maximum Gasteiger partial charge on any atom is 0.333 e. The molecule has 10 aromatic rings. The van der Waals surface area contributed by atoms with Gasteiger partial charge in [-0.15, -0.1) is 0 Å². The van der Waals surface area contributed by atoms with Crippen LogP contribution in [0, 0.1) is 0 Å². The number of benzene rings is 9. The van der Waals surface area contributed by atoms with E-state index < -0.39 is 5.41 Å². The van der Waals surface area contributed by atoms with Gasteiger partial charge in [-0.2, -0.15) is 0 Å². The Morgan fingerprint density at radius 3 is 1.86 bits per heavy atom. The summed E-state index contributed by atoms with van der Waals surface area (Å²) in [5, 5.41) is 2.30. The number of anilines is 5. The third-order valence-corrected chi connectivity index (χ3v) is 18.3. The Morgan fingerprint density at radius 2 is 1.09 bits per heavy atom. The van der Waals surface area contributed by atoms with Crippen molar-refractivity contribution in [3.63, 3.8) is 0 Å². The van der Waals surface area contributed by atoms with Crippen LogP contribution < -0.4 is 20.6 Å². The second-order valence-corrected chi connectivity index (χ2v) is 22.9. The molecule has 0 radical (unpaired) electrons. The molecule has 3 aliphatic heterocycles. The van der Waals surface area contributed by atoms with E-state index in [0.29, 0.717) is 0 Å². The number of rotatable bonds is 1. The molecule has 0 unspecified atom stereocenters. The topological polar surface area (TPSA) is 19.6 Å². The lowest BCUT2D eigenvalue weighted by Gasteiger charge is -2.52. The van der Waals surface area contributed by atoms with Crippen LogP contribution in [0.1, 0.15) is 98.9 Å². The Labute approximate surface area is 410 Å². The third kappa shape index (κ3) is 4.48. The zero-order valence-corrected chi connectivity index (χ0v) is 40.5. The van der Waals surface area contributed by atoms with Gasteiger partial charge in [-0.05, 0) is 138 Å². The monoisotopic (exact) mass is 898 g/mol. The van der Waals surface area contributed by atoms with E-state index in [2.05, 4.69) is 227 Å². The van der Waals surface area contributed by atoms with Crippen molar-refractivity contribution in [3.05, 3.63) is 220 Å². The molecule has 3 aliphatic carbocycles. The Hall–Kier alpha value is -7.56. The summed E-state index contributed by atoms with van der Waals surface area (Å²) < 4.78 is 7.24. The molecule has 3 nitrogen and oxygen atoms in total. The second kappa shape index (κ2) is 12.8. The zero-order valence-electron chi connectivity index (χ0n) is 40.5. The summed E-state index contributed by atoms with van der Waals surface area (Å²) in [5.41, 5.74) is 28.8. The minimum atomic E-state index is -0.550. The normalized spacial score (nSPS) is 17.8. The lowest BCUT2D eigenvalue weighted by Crippen LogP contribution is -2.63. The van der Waals surface area contributed by atoms with Crippen LogP contribution in [0.2, 0.25) is 0 Å². The fourth-order valence-corrected chi connectivity index (χ4v) is 15.0. The molecular weight excluding hydrogens is 848 g/mol. The highest BCUT2D eigenvalue weighted by atomic mass is 16.3. The lowest BCUT2D eigenvalue weighted by molar-refractivity contribution is 0.332. The number of hydrogen-bond acceptors (Lipinski definition) is 3. The van der Waals surface area contributed by atoms with Gasteiger partial charge in [-0.25, -0.2) is 0 Å². The first-order chi connectivity index (χ1) is 34.0. The van der Waals surface area contributed by atoms with E-state index in [-0.39, 0.29) is 23.1 Å². The predicted molar refractivity (Wildman–Crippen MR) is 291 cm³/mol. The van der Waals surface area contributed by atoms with Crippen LogP contribution in [0.25, 0.3) is 55.3 Å². The fraction of sp³-hybridized carbons (Fsp3) is 0.182. The van der Waals surface area contributed by atoms with Crippen molar-refractivity contribution in [1.29, 1.82) is 0 Å². The first-order valence-corrected chi connectivity index (χ1v) is 25.4. The summed E-state index contributed by atoms with van der Waals surface area (Å²) in [6, 6.07) is 67.8. The van der Waals surface area contributed by atoms with Gasteiger partial charge in [0.15, 0.2) is 5.58 Å². The molecule has 1 spiro atoms. The first-order valence-electron chi connectivity index (χ1n) is 25.4. The maximum atomic E-state index is 7.24. The number of furan rings is 1. The predicted octanol–water partition coefficient (Wildman–Crippen LogP) is 15.6. The molecular formula is C66H51BN2O. The van der Waals surface area contributed by atoms with Gasteiger partial charge in [0, 0.05) is 38.7 Å². The molecule has 0 fully saturated rings. The molecule has 0 saturated heterocycles. The largest absolute Gasteiger partial charge is 0.454 e. The molecule has 70 heavy (non-hydrogen) atoms. The van der Waals surface area contributed by atoms with Crippen molar-refractivity contribution >= 4 is 68.1 Å². The SMILES string of the molecule is CC1(C)CCC(C)(C)c2cc(N3B4c5cccc6c5N(c5ccccc5C65c6ccccc6-c6ccccc65)c5c4c(cc4c5-c5ccccc5C4(C)C)-c4ccc5c(oc6ccccc65)c43)ccc21. The highest BCUT2D eigenvalue weighted by Crippen LogP contribution is 2.66. The maximum absolute atomic E-state index is 7.24. The van der Waals surface area contributed by atoms with Crippen LogP contribution in [0.15, 0.2) is 180 Å². The van der Waals surface area contributed by atoms with Gasteiger partial charge in [-0.1, -0.05) is 181 Å². The fourth-order valence-electron chi connectivity index (χ4n) is 15.0. The van der Waals surface area contributed by atoms with E-state index in [1.54, 1.807) is 0 Å². The van der Waals surface area contributed by atoms with Crippen molar-refractivity contribution in [2.75, 3.05) is 9.71 Å². The van der Waals surface area contributed by atoms with Crippen LogP contribution >= 0.6 is 0 Å². The van der Waals surface area contributed by atoms with Gasteiger partial charge in [0.05, 0.1) is 22.5 Å². The van der Waals surface area contributed by atoms with E-state index in [1.807, 2.05) is 0 Å². The number of nitrogens with zero attached hydrogens (tertiary/aromatic N) is 2. The molecule has 9 aromatic carbocycles. The van der Waals surface area contributed by atoms with Crippen molar-refractivity contribution in [2.24, 2.45) is 0 Å². The van der Waals surface area contributed by atoms with Crippen molar-refractivity contribution in [2.45, 2.75) is 76.0 Å².